The lowest BCUT2D eigenvalue weighted by atomic mass is 9.84. The Balaban J connectivity index is 2.06. The van der Waals surface area contributed by atoms with E-state index in [-0.39, 0.29) is 11.6 Å². The molecule has 1 aromatic rings. The molecule has 1 heterocycles. The van der Waals surface area contributed by atoms with Gasteiger partial charge in [-0.15, -0.1) is 0 Å². The van der Waals surface area contributed by atoms with Crippen molar-refractivity contribution in [2.24, 2.45) is 5.92 Å². The summed E-state index contributed by atoms with van der Waals surface area (Å²) in [6.07, 6.45) is 7.97. The molecule has 1 fully saturated rings. The molecule has 2 rings (SSSR count). The lowest BCUT2D eigenvalue weighted by Crippen LogP contribution is -2.28. The van der Waals surface area contributed by atoms with E-state index in [0.29, 0.717) is 11.7 Å². The molecule has 1 aromatic heterocycles. The number of carboxylic acid groups (broad SMARTS) is 1. The quantitative estimate of drug-likeness (QED) is 0.859. The maximum absolute atomic E-state index is 11.1. The lowest BCUT2D eigenvalue weighted by Gasteiger charge is -2.28. The van der Waals surface area contributed by atoms with E-state index in [1.54, 1.807) is 18.3 Å². The molecule has 0 spiro atoms. The van der Waals surface area contributed by atoms with E-state index in [0.717, 1.165) is 0 Å². The second kappa shape index (κ2) is 5.85. The molecule has 2 N–H and O–H groups in total. The number of hydrogen-bond acceptors (Lipinski definition) is 3. The minimum Gasteiger partial charge on any atom is -0.478 e. The highest BCUT2D eigenvalue weighted by Gasteiger charge is 2.21. The fourth-order valence-electron chi connectivity index (χ4n) is 2.66. The Hall–Kier alpha value is -1.58. The highest BCUT2D eigenvalue weighted by molar-refractivity contribution is 5.93. The van der Waals surface area contributed by atoms with Crippen LogP contribution >= 0.6 is 0 Å². The molecule has 1 atom stereocenters. The molecule has 1 saturated carbocycles. The van der Waals surface area contributed by atoms with Gasteiger partial charge >= 0.3 is 5.97 Å². The zero-order valence-electron chi connectivity index (χ0n) is 10.7. The summed E-state index contributed by atoms with van der Waals surface area (Å²) in [5.41, 5.74) is 0.250. The summed E-state index contributed by atoms with van der Waals surface area (Å²) in [5, 5.41) is 12.4. The van der Waals surface area contributed by atoms with Crippen LogP contribution in [0.15, 0.2) is 18.3 Å². The average molecular weight is 248 g/mol. The summed E-state index contributed by atoms with van der Waals surface area (Å²) in [4.78, 5) is 15.2. The summed E-state index contributed by atoms with van der Waals surface area (Å²) in [5.74, 6) is 0.187. The minimum absolute atomic E-state index is 0.250. The molecule has 0 radical (unpaired) electrons. The van der Waals surface area contributed by atoms with Crippen molar-refractivity contribution in [3.8, 4) is 0 Å². The van der Waals surface area contributed by atoms with Crippen molar-refractivity contribution in [1.82, 2.24) is 4.98 Å². The highest BCUT2D eigenvalue weighted by Crippen LogP contribution is 2.28. The van der Waals surface area contributed by atoms with Crippen LogP contribution in [0, 0.1) is 5.92 Å². The van der Waals surface area contributed by atoms with Gasteiger partial charge in [0.05, 0.1) is 0 Å². The Bertz CT molecular complexity index is 414. The van der Waals surface area contributed by atoms with E-state index in [4.69, 9.17) is 5.11 Å². The minimum atomic E-state index is -0.929. The third kappa shape index (κ3) is 3.00. The van der Waals surface area contributed by atoms with Gasteiger partial charge in [-0.25, -0.2) is 9.78 Å². The Labute approximate surface area is 107 Å². The van der Waals surface area contributed by atoms with Crippen molar-refractivity contribution in [2.75, 3.05) is 5.32 Å². The summed E-state index contributed by atoms with van der Waals surface area (Å²) in [6.45, 7) is 2.12. The Morgan fingerprint density at radius 1 is 1.44 bits per heavy atom. The van der Waals surface area contributed by atoms with Gasteiger partial charge in [-0.05, 0) is 37.8 Å². The molecule has 4 nitrogen and oxygen atoms in total. The first kappa shape index (κ1) is 12.9. The normalized spacial score (nSPS) is 18.3. The zero-order valence-corrected chi connectivity index (χ0v) is 10.7. The first-order valence-corrected chi connectivity index (χ1v) is 6.63. The van der Waals surface area contributed by atoms with Crippen LogP contribution in [-0.4, -0.2) is 22.1 Å². The number of pyridine rings is 1. The largest absolute Gasteiger partial charge is 0.478 e. The van der Waals surface area contributed by atoms with Crippen LogP contribution in [-0.2, 0) is 0 Å². The van der Waals surface area contributed by atoms with E-state index in [1.165, 1.54) is 32.1 Å². The molecular weight excluding hydrogens is 228 g/mol. The van der Waals surface area contributed by atoms with Crippen molar-refractivity contribution in [2.45, 2.75) is 45.1 Å². The molecule has 98 valence electrons. The van der Waals surface area contributed by atoms with Crippen LogP contribution in [0.4, 0.5) is 5.82 Å². The van der Waals surface area contributed by atoms with Gasteiger partial charge in [0.2, 0.25) is 0 Å². The Morgan fingerprint density at radius 2 is 2.17 bits per heavy atom. The number of rotatable bonds is 4. The molecule has 18 heavy (non-hydrogen) atoms. The van der Waals surface area contributed by atoms with Crippen LogP contribution in [0.5, 0.6) is 0 Å². The topological polar surface area (TPSA) is 62.2 Å². The predicted molar refractivity (Wildman–Crippen MR) is 70.9 cm³/mol. The number of nitrogens with one attached hydrogen (secondary N) is 1. The van der Waals surface area contributed by atoms with Crippen molar-refractivity contribution >= 4 is 11.8 Å². The van der Waals surface area contributed by atoms with Gasteiger partial charge in [0.1, 0.15) is 11.4 Å². The molecule has 0 bridgehead atoms. The van der Waals surface area contributed by atoms with E-state index in [1.807, 2.05) is 0 Å². The van der Waals surface area contributed by atoms with Crippen LogP contribution in [0.1, 0.15) is 49.4 Å². The Morgan fingerprint density at radius 3 is 2.83 bits per heavy atom. The van der Waals surface area contributed by atoms with Crippen molar-refractivity contribution in [1.29, 1.82) is 0 Å². The van der Waals surface area contributed by atoms with Crippen LogP contribution in [0.2, 0.25) is 0 Å². The number of anilines is 1. The maximum Gasteiger partial charge on any atom is 0.339 e. The first-order valence-electron chi connectivity index (χ1n) is 6.63. The van der Waals surface area contributed by atoms with Gasteiger partial charge in [-0.1, -0.05) is 19.3 Å². The first-order chi connectivity index (χ1) is 8.68. The van der Waals surface area contributed by atoms with Crippen molar-refractivity contribution < 1.29 is 9.90 Å². The smallest absolute Gasteiger partial charge is 0.339 e. The fourth-order valence-corrected chi connectivity index (χ4v) is 2.66. The van der Waals surface area contributed by atoms with Gasteiger partial charge in [0.25, 0.3) is 0 Å². The number of aromatic carboxylic acids is 1. The molecule has 1 aliphatic rings. The number of carboxylic acids is 1. The molecule has 0 amide bonds. The molecule has 1 unspecified atom stereocenters. The number of carbonyl (C=O) groups is 1. The molecule has 0 aliphatic heterocycles. The highest BCUT2D eigenvalue weighted by atomic mass is 16.4. The van der Waals surface area contributed by atoms with E-state index < -0.39 is 5.97 Å². The van der Waals surface area contributed by atoms with Crippen molar-refractivity contribution in [3.63, 3.8) is 0 Å². The fraction of sp³-hybridized carbons (Fsp3) is 0.571. The lowest BCUT2D eigenvalue weighted by molar-refractivity contribution is 0.0697. The molecule has 0 aromatic carbocycles. The van der Waals surface area contributed by atoms with Crippen molar-refractivity contribution in [3.05, 3.63) is 23.9 Å². The molecule has 1 aliphatic carbocycles. The second-order valence-electron chi connectivity index (χ2n) is 5.04. The summed E-state index contributed by atoms with van der Waals surface area (Å²) < 4.78 is 0. The maximum atomic E-state index is 11.1. The van der Waals surface area contributed by atoms with Crippen LogP contribution in [0.25, 0.3) is 0 Å². The van der Waals surface area contributed by atoms with Crippen LogP contribution < -0.4 is 5.32 Å². The van der Waals surface area contributed by atoms with Gasteiger partial charge in [-0.2, -0.15) is 0 Å². The van der Waals surface area contributed by atoms with E-state index in [2.05, 4.69) is 17.2 Å². The van der Waals surface area contributed by atoms with E-state index >= 15 is 0 Å². The zero-order chi connectivity index (χ0) is 13.0. The average Bonchev–Trinajstić information content (AvgIpc) is 2.40. The third-order valence-electron chi connectivity index (χ3n) is 3.76. The summed E-state index contributed by atoms with van der Waals surface area (Å²) in [7, 11) is 0. The molecule has 0 saturated heterocycles. The predicted octanol–water partition coefficient (Wildman–Crippen LogP) is 3.16. The monoisotopic (exact) mass is 248 g/mol. The van der Waals surface area contributed by atoms with Gasteiger partial charge < -0.3 is 10.4 Å². The van der Waals surface area contributed by atoms with Crippen LogP contribution in [0.3, 0.4) is 0 Å². The van der Waals surface area contributed by atoms with E-state index in [9.17, 15) is 4.79 Å². The summed E-state index contributed by atoms with van der Waals surface area (Å²) in [6, 6.07) is 3.52. The molecule has 4 heteroatoms. The number of aromatic nitrogens is 1. The SMILES string of the molecule is CC(Nc1ncccc1C(=O)O)C1CCCCC1. The second-order valence-corrected chi connectivity index (χ2v) is 5.04. The number of hydrogen-bond donors (Lipinski definition) is 2. The number of nitrogens with zero attached hydrogens (tertiary/aromatic N) is 1. The summed E-state index contributed by atoms with van der Waals surface area (Å²) >= 11 is 0. The Kier molecular flexibility index (Phi) is 4.18. The van der Waals surface area contributed by atoms with Gasteiger partial charge in [-0.3, -0.25) is 0 Å². The molecular formula is C14H20N2O2. The standard InChI is InChI=1S/C14H20N2O2/c1-10(11-6-3-2-4-7-11)16-13-12(14(17)18)8-5-9-15-13/h5,8-11H,2-4,6-7H2,1H3,(H,15,16)(H,17,18). The third-order valence-corrected chi connectivity index (χ3v) is 3.76. The van der Waals surface area contributed by atoms with Gasteiger partial charge in [0, 0.05) is 12.2 Å². The van der Waals surface area contributed by atoms with Gasteiger partial charge in [0.15, 0.2) is 0 Å².